The van der Waals surface area contributed by atoms with E-state index in [-0.39, 0.29) is 11.9 Å². The van der Waals surface area contributed by atoms with Gasteiger partial charge in [0, 0.05) is 18.7 Å². The van der Waals surface area contributed by atoms with Gasteiger partial charge in [-0.05, 0) is 44.1 Å². The molecule has 5 atom stereocenters. The Morgan fingerprint density at radius 1 is 1.30 bits per heavy atom. The van der Waals surface area contributed by atoms with E-state index in [9.17, 15) is 9.18 Å². The third-order valence-electron chi connectivity index (χ3n) is 5.23. The van der Waals surface area contributed by atoms with E-state index in [1.807, 2.05) is 0 Å². The second-order valence-electron chi connectivity index (χ2n) is 6.71. The Bertz CT molecular complexity index is 565. The summed E-state index contributed by atoms with van der Waals surface area (Å²) in [5.74, 6) is 0.990. The van der Waals surface area contributed by atoms with Crippen molar-refractivity contribution >= 4 is 6.09 Å². The minimum atomic E-state index is -0.623. The van der Waals surface area contributed by atoms with Crippen LogP contribution in [0.5, 0.6) is 0 Å². The number of nitrogens with one attached hydrogen (secondary N) is 1. The zero-order valence-corrected chi connectivity index (χ0v) is 13.6. The summed E-state index contributed by atoms with van der Waals surface area (Å²) in [5.41, 5.74) is 0.398. The second kappa shape index (κ2) is 6.87. The molecule has 0 radical (unpaired) electrons. The molecule has 3 rings (SSSR count). The maximum absolute atomic E-state index is 13.9. The van der Waals surface area contributed by atoms with E-state index in [4.69, 9.17) is 9.47 Å². The van der Waals surface area contributed by atoms with Crippen molar-refractivity contribution in [2.75, 3.05) is 7.11 Å². The van der Waals surface area contributed by atoms with Crippen molar-refractivity contribution in [3.8, 4) is 0 Å². The number of methoxy groups -OCH3 is 1. The fourth-order valence-corrected chi connectivity index (χ4v) is 4.11. The second-order valence-corrected chi connectivity index (χ2v) is 6.71. The molecule has 2 saturated carbocycles. The lowest BCUT2D eigenvalue weighted by Crippen LogP contribution is -2.40. The van der Waals surface area contributed by atoms with Gasteiger partial charge in [0.15, 0.2) is 0 Å². The van der Waals surface area contributed by atoms with Crippen LogP contribution in [0.4, 0.5) is 9.18 Å². The van der Waals surface area contributed by atoms with E-state index in [0.29, 0.717) is 11.5 Å². The van der Waals surface area contributed by atoms with Crippen molar-refractivity contribution in [2.24, 2.45) is 11.8 Å². The van der Waals surface area contributed by atoms with Gasteiger partial charge in [0.05, 0.1) is 0 Å². The Morgan fingerprint density at radius 2 is 2.09 bits per heavy atom. The first-order chi connectivity index (χ1) is 11.1. The number of amides is 1. The van der Waals surface area contributed by atoms with Crippen molar-refractivity contribution < 1.29 is 18.7 Å². The van der Waals surface area contributed by atoms with Crippen LogP contribution in [0.25, 0.3) is 0 Å². The number of alkyl carbamates (subject to hydrolysis) is 1. The number of hydrogen-bond acceptors (Lipinski definition) is 3. The summed E-state index contributed by atoms with van der Waals surface area (Å²) in [6.45, 7) is 1.72. The molecule has 0 heterocycles. The SMILES string of the molecule is CO[C@@H](c1ccccc1F)[C@H](C)OC(=O)NC1CC2CCC1C2. The summed E-state index contributed by atoms with van der Waals surface area (Å²) in [6, 6.07) is 6.62. The number of fused-ring (bicyclic) bond motifs is 2. The summed E-state index contributed by atoms with van der Waals surface area (Å²) in [4.78, 5) is 12.1. The monoisotopic (exact) mass is 321 g/mol. The van der Waals surface area contributed by atoms with Gasteiger partial charge in [-0.1, -0.05) is 24.6 Å². The van der Waals surface area contributed by atoms with Crippen molar-refractivity contribution in [3.05, 3.63) is 35.6 Å². The van der Waals surface area contributed by atoms with E-state index in [1.54, 1.807) is 25.1 Å². The van der Waals surface area contributed by atoms with Crippen LogP contribution >= 0.6 is 0 Å². The third kappa shape index (κ3) is 3.50. The molecule has 5 heteroatoms. The Morgan fingerprint density at radius 3 is 2.70 bits per heavy atom. The van der Waals surface area contributed by atoms with Crippen LogP contribution in [0, 0.1) is 17.7 Å². The predicted molar refractivity (Wildman–Crippen MR) is 84.5 cm³/mol. The normalized spacial score (nSPS) is 28.4. The number of ether oxygens (including phenoxy) is 2. The lowest BCUT2D eigenvalue weighted by Gasteiger charge is -2.26. The molecule has 1 N–H and O–H groups in total. The van der Waals surface area contributed by atoms with E-state index in [0.717, 1.165) is 12.3 Å². The molecule has 23 heavy (non-hydrogen) atoms. The zero-order chi connectivity index (χ0) is 16.4. The molecule has 0 saturated heterocycles. The quantitative estimate of drug-likeness (QED) is 0.897. The van der Waals surface area contributed by atoms with E-state index >= 15 is 0 Å². The largest absolute Gasteiger partial charge is 0.443 e. The molecule has 2 aliphatic carbocycles. The van der Waals surface area contributed by atoms with E-state index in [2.05, 4.69) is 5.32 Å². The number of carbonyl (C=O) groups excluding carboxylic acids is 1. The predicted octanol–water partition coefficient (Wildman–Crippen LogP) is 3.82. The number of halogens is 1. The molecule has 2 aliphatic rings. The Kier molecular flexibility index (Phi) is 4.85. The number of benzene rings is 1. The first-order valence-corrected chi connectivity index (χ1v) is 8.33. The van der Waals surface area contributed by atoms with E-state index in [1.165, 1.54) is 32.4 Å². The summed E-state index contributed by atoms with van der Waals surface area (Å²) >= 11 is 0. The van der Waals surface area contributed by atoms with Crippen LogP contribution in [0.2, 0.25) is 0 Å². The molecule has 2 bridgehead atoms. The average molecular weight is 321 g/mol. The van der Waals surface area contributed by atoms with Crippen LogP contribution < -0.4 is 5.32 Å². The Balaban J connectivity index is 1.57. The highest BCUT2D eigenvalue weighted by Gasteiger charge is 2.40. The maximum Gasteiger partial charge on any atom is 0.407 e. The van der Waals surface area contributed by atoms with Gasteiger partial charge in [0.1, 0.15) is 18.0 Å². The topological polar surface area (TPSA) is 47.6 Å². The summed E-state index contributed by atoms with van der Waals surface area (Å²) < 4.78 is 24.7. The fraction of sp³-hybridized carbons (Fsp3) is 0.611. The zero-order valence-electron chi connectivity index (χ0n) is 13.6. The van der Waals surface area contributed by atoms with Gasteiger partial charge in [-0.2, -0.15) is 0 Å². The highest BCUT2D eigenvalue weighted by atomic mass is 19.1. The standard InChI is InChI=1S/C18H24FNO3/c1-11(17(22-2)14-5-3-4-6-15(14)19)23-18(21)20-16-10-12-7-8-13(16)9-12/h3-6,11-13,16-17H,7-10H2,1-2H3,(H,20,21)/t11-,12?,13?,16?,17+/m0/s1. The Hall–Kier alpha value is -1.62. The summed E-state index contributed by atoms with van der Waals surface area (Å²) in [6.07, 6.45) is 3.12. The first kappa shape index (κ1) is 16.2. The summed E-state index contributed by atoms with van der Waals surface area (Å²) in [7, 11) is 1.49. The molecule has 2 fully saturated rings. The van der Waals surface area contributed by atoms with Gasteiger partial charge in [-0.3, -0.25) is 0 Å². The molecule has 0 aliphatic heterocycles. The van der Waals surface area contributed by atoms with Gasteiger partial charge >= 0.3 is 6.09 Å². The lowest BCUT2D eigenvalue weighted by molar-refractivity contribution is -0.0177. The van der Waals surface area contributed by atoms with Crippen LogP contribution in [0.1, 0.15) is 44.3 Å². The van der Waals surface area contributed by atoms with Crippen molar-refractivity contribution in [1.29, 1.82) is 0 Å². The molecular weight excluding hydrogens is 297 g/mol. The van der Waals surface area contributed by atoms with Gasteiger partial charge in [0.2, 0.25) is 0 Å². The molecule has 1 amide bonds. The minimum Gasteiger partial charge on any atom is -0.443 e. The highest BCUT2D eigenvalue weighted by molar-refractivity contribution is 5.68. The van der Waals surface area contributed by atoms with Crippen LogP contribution in [-0.4, -0.2) is 25.3 Å². The third-order valence-corrected chi connectivity index (χ3v) is 5.23. The van der Waals surface area contributed by atoms with Crippen LogP contribution in [0.3, 0.4) is 0 Å². The molecule has 1 aromatic rings. The first-order valence-electron chi connectivity index (χ1n) is 8.33. The maximum atomic E-state index is 13.9. The van der Waals surface area contributed by atoms with Gasteiger partial charge in [-0.25, -0.2) is 9.18 Å². The molecule has 126 valence electrons. The number of hydrogen-bond donors (Lipinski definition) is 1. The molecule has 1 aromatic carbocycles. The van der Waals surface area contributed by atoms with Gasteiger partial charge in [-0.15, -0.1) is 0 Å². The molecule has 0 aromatic heterocycles. The minimum absolute atomic E-state index is 0.225. The summed E-state index contributed by atoms with van der Waals surface area (Å²) in [5, 5.41) is 2.98. The smallest absolute Gasteiger partial charge is 0.407 e. The van der Waals surface area contributed by atoms with Crippen molar-refractivity contribution in [2.45, 2.75) is 50.9 Å². The average Bonchev–Trinajstić information content (AvgIpc) is 3.12. The molecular formula is C18H24FNO3. The number of rotatable bonds is 5. The number of carbonyl (C=O) groups is 1. The van der Waals surface area contributed by atoms with E-state index < -0.39 is 18.3 Å². The molecule has 3 unspecified atom stereocenters. The Labute approximate surface area is 136 Å². The molecule has 4 nitrogen and oxygen atoms in total. The van der Waals surface area contributed by atoms with Gasteiger partial charge < -0.3 is 14.8 Å². The van der Waals surface area contributed by atoms with Crippen LogP contribution in [-0.2, 0) is 9.47 Å². The van der Waals surface area contributed by atoms with Crippen LogP contribution in [0.15, 0.2) is 24.3 Å². The fourth-order valence-electron chi connectivity index (χ4n) is 4.11. The highest BCUT2D eigenvalue weighted by Crippen LogP contribution is 2.44. The van der Waals surface area contributed by atoms with Gasteiger partial charge in [0.25, 0.3) is 0 Å². The lowest BCUT2D eigenvalue weighted by atomic mass is 9.96. The molecule has 0 spiro atoms. The van der Waals surface area contributed by atoms with Crippen molar-refractivity contribution in [3.63, 3.8) is 0 Å². The van der Waals surface area contributed by atoms with Crippen molar-refractivity contribution in [1.82, 2.24) is 5.32 Å².